The second kappa shape index (κ2) is 10.0. The van der Waals surface area contributed by atoms with Gasteiger partial charge in [-0.15, -0.1) is 0 Å². The Balaban J connectivity index is 1.29. The quantitative estimate of drug-likeness (QED) is 0.736. The van der Waals surface area contributed by atoms with Crippen molar-refractivity contribution >= 4 is 6.03 Å². The van der Waals surface area contributed by atoms with Crippen LogP contribution in [-0.4, -0.2) is 55.1 Å². The molecule has 4 heteroatoms. The van der Waals surface area contributed by atoms with Crippen molar-refractivity contribution in [3.63, 3.8) is 0 Å². The van der Waals surface area contributed by atoms with Crippen LogP contribution >= 0.6 is 0 Å². The first kappa shape index (κ1) is 18.5. The molecule has 1 saturated heterocycles. The Kier molecular flexibility index (Phi) is 7.40. The standard InChI is InChI=1S/C21H35N3O/c25-21(22-13-11-19-7-3-1-4-8-19)24-17-15-23(16-18-24)14-12-20-9-5-2-6-10-20/h7,9H,1-6,8,10-18H2,(H,22,25). The third-order valence-corrected chi connectivity index (χ3v) is 5.90. The Morgan fingerprint density at radius 1 is 0.880 bits per heavy atom. The zero-order valence-corrected chi connectivity index (χ0v) is 15.8. The van der Waals surface area contributed by atoms with Crippen molar-refractivity contribution in [3.05, 3.63) is 23.3 Å². The Morgan fingerprint density at radius 3 is 2.12 bits per heavy atom. The molecular formula is C21H35N3O. The van der Waals surface area contributed by atoms with Crippen LogP contribution in [0.1, 0.15) is 64.2 Å². The summed E-state index contributed by atoms with van der Waals surface area (Å²) in [6, 6.07) is 0.131. The van der Waals surface area contributed by atoms with Gasteiger partial charge in [-0.3, -0.25) is 4.90 Å². The molecule has 0 spiro atoms. The predicted molar refractivity (Wildman–Crippen MR) is 104 cm³/mol. The average molecular weight is 346 g/mol. The third kappa shape index (κ3) is 6.18. The van der Waals surface area contributed by atoms with E-state index in [1.54, 1.807) is 5.57 Å². The van der Waals surface area contributed by atoms with Gasteiger partial charge < -0.3 is 10.2 Å². The van der Waals surface area contributed by atoms with Gasteiger partial charge in [-0.05, 0) is 64.2 Å². The van der Waals surface area contributed by atoms with E-state index < -0.39 is 0 Å². The average Bonchev–Trinajstić information content (AvgIpc) is 2.68. The molecule has 3 aliphatic rings. The molecule has 0 unspecified atom stereocenters. The van der Waals surface area contributed by atoms with Gasteiger partial charge in [0.15, 0.2) is 0 Å². The highest BCUT2D eigenvalue weighted by molar-refractivity contribution is 5.74. The number of nitrogens with one attached hydrogen (secondary N) is 1. The molecule has 3 rings (SSSR count). The van der Waals surface area contributed by atoms with Gasteiger partial charge in [0.05, 0.1) is 0 Å². The summed E-state index contributed by atoms with van der Waals surface area (Å²) in [5, 5.41) is 3.12. The summed E-state index contributed by atoms with van der Waals surface area (Å²) in [4.78, 5) is 16.8. The predicted octanol–water partition coefficient (Wildman–Crippen LogP) is 4.09. The summed E-state index contributed by atoms with van der Waals surface area (Å²) in [6.45, 7) is 5.73. The van der Waals surface area contributed by atoms with E-state index in [9.17, 15) is 4.79 Å². The van der Waals surface area contributed by atoms with Gasteiger partial charge in [0.1, 0.15) is 0 Å². The van der Waals surface area contributed by atoms with Gasteiger partial charge >= 0.3 is 6.03 Å². The number of amides is 2. The second-order valence-corrected chi connectivity index (χ2v) is 7.78. The number of allylic oxidation sites excluding steroid dienone is 2. The Morgan fingerprint density at radius 2 is 1.52 bits per heavy atom. The lowest BCUT2D eigenvalue weighted by molar-refractivity contribution is 0.140. The summed E-state index contributed by atoms with van der Waals surface area (Å²) < 4.78 is 0. The van der Waals surface area contributed by atoms with Crippen LogP contribution in [0.3, 0.4) is 0 Å². The van der Waals surface area contributed by atoms with Crippen LogP contribution in [0.15, 0.2) is 23.3 Å². The molecule has 0 radical (unpaired) electrons. The molecule has 0 aromatic heterocycles. The fraction of sp³-hybridized carbons (Fsp3) is 0.762. The number of hydrogen-bond acceptors (Lipinski definition) is 2. The van der Waals surface area contributed by atoms with Gasteiger partial charge in [-0.25, -0.2) is 4.79 Å². The van der Waals surface area contributed by atoms with Crippen LogP contribution in [0.25, 0.3) is 0 Å². The van der Waals surface area contributed by atoms with Crippen molar-refractivity contribution in [1.82, 2.24) is 15.1 Å². The maximum absolute atomic E-state index is 12.3. The van der Waals surface area contributed by atoms with Gasteiger partial charge in [0, 0.05) is 39.3 Å². The monoisotopic (exact) mass is 345 g/mol. The number of hydrogen-bond donors (Lipinski definition) is 1. The summed E-state index contributed by atoms with van der Waals surface area (Å²) in [7, 11) is 0. The minimum absolute atomic E-state index is 0.131. The van der Waals surface area contributed by atoms with Gasteiger partial charge in [-0.1, -0.05) is 23.3 Å². The molecule has 4 nitrogen and oxygen atoms in total. The molecule has 2 amide bonds. The highest BCUT2D eigenvalue weighted by Gasteiger charge is 2.20. The Labute approximate surface area is 153 Å². The van der Waals surface area contributed by atoms with E-state index in [1.165, 1.54) is 63.4 Å². The zero-order valence-electron chi connectivity index (χ0n) is 15.8. The lowest BCUT2D eigenvalue weighted by atomic mass is 9.97. The highest BCUT2D eigenvalue weighted by Crippen LogP contribution is 2.21. The molecule has 1 heterocycles. The molecule has 2 aliphatic carbocycles. The van der Waals surface area contributed by atoms with Crippen LogP contribution in [0.4, 0.5) is 4.79 Å². The highest BCUT2D eigenvalue weighted by atomic mass is 16.2. The molecular weight excluding hydrogens is 310 g/mol. The smallest absolute Gasteiger partial charge is 0.317 e. The number of carbonyl (C=O) groups excluding carboxylic acids is 1. The van der Waals surface area contributed by atoms with E-state index in [-0.39, 0.29) is 6.03 Å². The number of carbonyl (C=O) groups is 1. The topological polar surface area (TPSA) is 35.6 Å². The SMILES string of the molecule is O=C(NCCC1=CCCCC1)N1CCN(CCC2=CCCCC2)CC1. The first-order valence-corrected chi connectivity index (χ1v) is 10.4. The number of urea groups is 1. The summed E-state index contributed by atoms with van der Waals surface area (Å²) in [5.41, 5.74) is 3.19. The van der Waals surface area contributed by atoms with E-state index in [1.807, 2.05) is 4.90 Å². The van der Waals surface area contributed by atoms with E-state index in [0.717, 1.165) is 45.7 Å². The lowest BCUT2D eigenvalue weighted by Gasteiger charge is -2.35. The molecule has 1 N–H and O–H groups in total. The van der Waals surface area contributed by atoms with Gasteiger partial charge in [-0.2, -0.15) is 0 Å². The zero-order chi connectivity index (χ0) is 17.3. The lowest BCUT2D eigenvalue weighted by Crippen LogP contribution is -2.52. The number of rotatable bonds is 6. The van der Waals surface area contributed by atoms with E-state index in [2.05, 4.69) is 22.4 Å². The van der Waals surface area contributed by atoms with Gasteiger partial charge in [0.25, 0.3) is 0 Å². The van der Waals surface area contributed by atoms with Crippen LogP contribution in [0.2, 0.25) is 0 Å². The van der Waals surface area contributed by atoms with Crippen LogP contribution < -0.4 is 5.32 Å². The first-order chi connectivity index (χ1) is 12.3. The van der Waals surface area contributed by atoms with Crippen LogP contribution in [0, 0.1) is 0 Å². The van der Waals surface area contributed by atoms with Crippen molar-refractivity contribution in [2.75, 3.05) is 39.3 Å². The van der Waals surface area contributed by atoms with Crippen molar-refractivity contribution < 1.29 is 4.79 Å². The van der Waals surface area contributed by atoms with Crippen LogP contribution in [0.5, 0.6) is 0 Å². The molecule has 1 fully saturated rings. The molecule has 0 atom stereocenters. The molecule has 0 aromatic rings. The molecule has 1 aliphatic heterocycles. The van der Waals surface area contributed by atoms with Crippen molar-refractivity contribution in [2.45, 2.75) is 64.2 Å². The fourth-order valence-electron chi connectivity index (χ4n) is 4.18. The molecule has 140 valence electrons. The minimum atomic E-state index is 0.131. The first-order valence-electron chi connectivity index (χ1n) is 10.4. The second-order valence-electron chi connectivity index (χ2n) is 7.78. The van der Waals surface area contributed by atoms with Crippen LogP contribution in [-0.2, 0) is 0 Å². The fourth-order valence-corrected chi connectivity index (χ4v) is 4.18. The van der Waals surface area contributed by atoms with Crippen molar-refractivity contribution in [3.8, 4) is 0 Å². The largest absolute Gasteiger partial charge is 0.338 e. The van der Waals surface area contributed by atoms with Crippen molar-refractivity contribution in [2.24, 2.45) is 0 Å². The number of piperazine rings is 1. The maximum Gasteiger partial charge on any atom is 0.317 e. The normalized spacial score (nSPS) is 22.3. The van der Waals surface area contributed by atoms with Crippen molar-refractivity contribution in [1.29, 1.82) is 0 Å². The summed E-state index contributed by atoms with van der Waals surface area (Å²) in [5.74, 6) is 0. The molecule has 25 heavy (non-hydrogen) atoms. The van der Waals surface area contributed by atoms with E-state index >= 15 is 0 Å². The molecule has 0 bridgehead atoms. The minimum Gasteiger partial charge on any atom is -0.338 e. The Bertz CT molecular complexity index is 489. The van der Waals surface area contributed by atoms with Gasteiger partial charge in [0.2, 0.25) is 0 Å². The maximum atomic E-state index is 12.3. The molecule has 0 aromatic carbocycles. The van der Waals surface area contributed by atoms with E-state index in [0.29, 0.717) is 0 Å². The summed E-state index contributed by atoms with van der Waals surface area (Å²) in [6.07, 6.45) is 17.5. The third-order valence-electron chi connectivity index (χ3n) is 5.90. The number of nitrogens with zero attached hydrogens (tertiary/aromatic N) is 2. The summed E-state index contributed by atoms with van der Waals surface area (Å²) >= 11 is 0. The molecule has 0 saturated carbocycles. The van der Waals surface area contributed by atoms with E-state index in [4.69, 9.17) is 0 Å². The Hall–Kier alpha value is -1.29.